The first kappa shape index (κ1) is 29.5. The van der Waals surface area contributed by atoms with E-state index in [0.29, 0.717) is 6.42 Å². The lowest BCUT2D eigenvalue weighted by molar-refractivity contribution is -0.347. The molecule has 5 atom stereocenters. The molecule has 190 valence electrons. The molecule has 7 nitrogen and oxygen atoms in total. The van der Waals surface area contributed by atoms with Crippen molar-refractivity contribution in [1.82, 2.24) is 0 Å². The topological polar surface area (TPSA) is 127 Å². The predicted octanol–water partition coefficient (Wildman–Crippen LogP) is 3.37. The molecule has 0 bridgehead atoms. The van der Waals surface area contributed by atoms with Gasteiger partial charge in [-0.1, -0.05) is 96.8 Å². The lowest BCUT2D eigenvalue weighted by atomic mass is 9.89. The Morgan fingerprint density at radius 2 is 1.19 bits per heavy atom. The van der Waals surface area contributed by atoms with Gasteiger partial charge in [-0.05, 0) is 6.42 Å². The summed E-state index contributed by atoms with van der Waals surface area (Å²) in [5.41, 5.74) is 0. The lowest BCUT2D eigenvalue weighted by Crippen LogP contribution is -2.65. The Labute approximate surface area is 194 Å². The zero-order valence-corrected chi connectivity index (χ0v) is 20.1. The quantitative estimate of drug-likeness (QED) is 0.187. The molecule has 0 aliphatic carbocycles. The number of ketones is 1. The van der Waals surface area contributed by atoms with Gasteiger partial charge in [-0.3, -0.25) is 4.79 Å². The highest BCUT2D eigenvalue weighted by Gasteiger charge is 2.53. The van der Waals surface area contributed by atoms with Crippen molar-refractivity contribution in [2.24, 2.45) is 0 Å². The van der Waals surface area contributed by atoms with Crippen LogP contribution in [0.2, 0.25) is 0 Å². The number of ether oxygens (including phenoxy) is 1. The second-order valence-corrected chi connectivity index (χ2v) is 9.52. The van der Waals surface area contributed by atoms with E-state index >= 15 is 0 Å². The molecule has 0 aromatic rings. The van der Waals surface area contributed by atoms with Gasteiger partial charge in [0.1, 0.15) is 30.2 Å². The number of unbranched alkanes of at least 4 members (excludes halogenated alkanes) is 14. The summed E-state index contributed by atoms with van der Waals surface area (Å²) in [6, 6.07) is 0. The minimum atomic E-state index is -2.29. The van der Waals surface area contributed by atoms with Crippen LogP contribution in [0.3, 0.4) is 0 Å². The molecule has 1 aliphatic rings. The van der Waals surface area contributed by atoms with E-state index in [2.05, 4.69) is 6.92 Å². The predicted molar refractivity (Wildman–Crippen MR) is 124 cm³/mol. The number of aliphatic hydroxyl groups excluding tert-OH is 4. The van der Waals surface area contributed by atoms with Crippen LogP contribution in [0.1, 0.15) is 116 Å². The maximum Gasteiger partial charge on any atom is 0.202 e. The SMILES string of the molecule is CCCCCCCCCCCCCCCCCC(=O)C[C@]1(O)O[C@H](CO)[C@H](O)[C@H](O)[C@H]1O. The average Bonchev–Trinajstić information content (AvgIpc) is 2.77. The van der Waals surface area contributed by atoms with Crippen molar-refractivity contribution < 1.29 is 35.1 Å². The van der Waals surface area contributed by atoms with Crippen LogP contribution in [0.25, 0.3) is 0 Å². The van der Waals surface area contributed by atoms with Crippen LogP contribution in [0, 0.1) is 0 Å². The first-order valence-corrected chi connectivity index (χ1v) is 12.9. The summed E-state index contributed by atoms with van der Waals surface area (Å²) in [6.45, 7) is 1.61. The Kier molecular flexibility index (Phi) is 15.6. The summed E-state index contributed by atoms with van der Waals surface area (Å²) in [6.07, 6.45) is 12.1. The van der Waals surface area contributed by atoms with E-state index in [1.54, 1.807) is 0 Å². The van der Waals surface area contributed by atoms with Crippen molar-refractivity contribution in [3.05, 3.63) is 0 Å². The van der Waals surface area contributed by atoms with E-state index in [0.717, 1.165) is 12.8 Å². The van der Waals surface area contributed by atoms with E-state index < -0.39 is 43.2 Å². The Bertz CT molecular complexity index is 485. The van der Waals surface area contributed by atoms with Gasteiger partial charge in [-0.2, -0.15) is 0 Å². The first-order chi connectivity index (χ1) is 15.4. The maximum absolute atomic E-state index is 12.2. The molecule has 0 radical (unpaired) electrons. The number of Topliss-reactive ketones (excluding diaryl/α,β-unsaturated/α-hetero) is 1. The molecule has 0 saturated carbocycles. The lowest BCUT2D eigenvalue weighted by Gasteiger charge is -2.45. The molecule has 1 fully saturated rings. The summed E-state index contributed by atoms with van der Waals surface area (Å²) in [7, 11) is 0. The van der Waals surface area contributed by atoms with Crippen LogP contribution in [-0.2, 0) is 9.53 Å². The highest BCUT2D eigenvalue weighted by atomic mass is 16.7. The van der Waals surface area contributed by atoms with Crippen molar-refractivity contribution in [2.75, 3.05) is 6.61 Å². The summed E-state index contributed by atoms with van der Waals surface area (Å²) in [4.78, 5) is 12.2. The molecule has 1 heterocycles. The molecule has 1 saturated heterocycles. The Morgan fingerprint density at radius 1 is 0.750 bits per heavy atom. The third-order valence-electron chi connectivity index (χ3n) is 6.56. The van der Waals surface area contributed by atoms with Gasteiger partial charge in [-0.25, -0.2) is 0 Å². The number of aliphatic hydroxyl groups is 5. The minimum absolute atomic E-state index is 0.263. The number of rotatable bonds is 19. The smallest absolute Gasteiger partial charge is 0.202 e. The van der Waals surface area contributed by atoms with E-state index in [1.807, 2.05) is 0 Å². The fourth-order valence-corrected chi connectivity index (χ4v) is 4.43. The monoisotopic (exact) mass is 460 g/mol. The fourth-order valence-electron chi connectivity index (χ4n) is 4.43. The van der Waals surface area contributed by atoms with Gasteiger partial charge in [0.15, 0.2) is 0 Å². The largest absolute Gasteiger partial charge is 0.394 e. The molecule has 1 rings (SSSR count). The second kappa shape index (κ2) is 17.0. The fraction of sp³-hybridized carbons (Fsp3) is 0.960. The zero-order valence-electron chi connectivity index (χ0n) is 20.1. The second-order valence-electron chi connectivity index (χ2n) is 9.52. The highest BCUT2D eigenvalue weighted by Crippen LogP contribution is 2.31. The van der Waals surface area contributed by atoms with E-state index in [4.69, 9.17) is 4.74 Å². The van der Waals surface area contributed by atoms with Crippen LogP contribution >= 0.6 is 0 Å². The van der Waals surface area contributed by atoms with Gasteiger partial charge in [0.05, 0.1) is 13.0 Å². The van der Waals surface area contributed by atoms with Crippen molar-refractivity contribution in [1.29, 1.82) is 0 Å². The summed E-state index contributed by atoms with van der Waals surface area (Å²) in [5, 5.41) is 49.3. The van der Waals surface area contributed by atoms with E-state index in [9.17, 15) is 30.3 Å². The summed E-state index contributed by atoms with van der Waals surface area (Å²) in [5.74, 6) is -2.57. The summed E-state index contributed by atoms with van der Waals surface area (Å²) < 4.78 is 5.14. The summed E-state index contributed by atoms with van der Waals surface area (Å²) >= 11 is 0. The standard InChI is InChI=1S/C25H48O7/c1-2-3-4-5-6-7-8-9-10-11-12-13-14-15-16-17-20(27)18-25(31)24(30)23(29)22(28)21(19-26)32-25/h21-24,26,28-31H,2-19H2,1H3/t21-,22+,23+,24-,25+/m1/s1. The number of carbonyl (C=O) groups excluding carboxylic acids is 1. The molecule has 0 aromatic carbocycles. The van der Waals surface area contributed by atoms with Gasteiger partial charge in [0.25, 0.3) is 0 Å². The Balaban J connectivity index is 2.03. The van der Waals surface area contributed by atoms with Crippen molar-refractivity contribution in [3.63, 3.8) is 0 Å². The number of hydrogen-bond donors (Lipinski definition) is 5. The van der Waals surface area contributed by atoms with Crippen LogP contribution in [0.5, 0.6) is 0 Å². The molecular weight excluding hydrogens is 412 g/mol. The molecule has 0 spiro atoms. The third-order valence-corrected chi connectivity index (χ3v) is 6.56. The van der Waals surface area contributed by atoms with Crippen LogP contribution in [-0.4, -0.2) is 68.1 Å². The van der Waals surface area contributed by atoms with E-state index in [1.165, 1.54) is 77.0 Å². The normalized spacial score (nSPS) is 28.2. The zero-order chi connectivity index (χ0) is 23.8. The van der Waals surface area contributed by atoms with Gasteiger partial charge < -0.3 is 30.3 Å². The average molecular weight is 461 g/mol. The van der Waals surface area contributed by atoms with Crippen molar-refractivity contribution >= 4 is 5.78 Å². The number of hydrogen-bond acceptors (Lipinski definition) is 7. The van der Waals surface area contributed by atoms with Crippen LogP contribution in [0.4, 0.5) is 0 Å². The van der Waals surface area contributed by atoms with Gasteiger partial charge in [0, 0.05) is 6.42 Å². The molecule has 0 amide bonds. The molecule has 1 aliphatic heterocycles. The maximum atomic E-state index is 12.2. The molecule has 7 heteroatoms. The van der Waals surface area contributed by atoms with Crippen molar-refractivity contribution in [3.8, 4) is 0 Å². The molecule has 0 unspecified atom stereocenters. The first-order valence-electron chi connectivity index (χ1n) is 12.9. The van der Waals surface area contributed by atoms with Crippen LogP contribution < -0.4 is 0 Å². The number of carbonyl (C=O) groups is 1. The molecule has 0 aromatic heterocycles. The molecular formula is C25H48O7. The van der Waals surface area contributed by atoms with Crippen LogP contribution in [0.15, 0.2) is 0 Å². The molecule has 5 N–H and O–H groups in total. The van der Waals surface area contributed by atoms with Gasteiger partial charge in [0.2, 0.25) is 5.79 Å². The van der Waals surface area contributed by atoms with Gasteiger partial charge >= 0.3 is 0 Å². The third kappa shape index (κ3) is 11.0. The van der Waals surface area contributed by atoms with Crippen molar-refractivity contribution in [2.45, 2.75) is 146 Å². The Morgan fingerprint density at radius 3 is 1.62 bits per heavy atom. The van der Waals surface area contributed by atoms with Gasteiger partial charge in [-0.15, -0.1) is 0 Å². The Hall–Kier alpha value is -0.570. The minimum Gasteiger partial charge on any atom is -0.394 e. The highest BCUT2D eigenvalue weighted by molar-refractivity contribution is 5.79. The van der Waals surface area contributed by atoms with E-state index in [-0.39, 0.29) is 12.2 Å². The molecule has 32 heavy (non-hydrogen) atoms.